The molecule has 1 heterocycles. The molecule has 0 saturated heterocycles. The summed E-state index contributed by atoms with van der Waals surface area (Å²) in [5.74, 6) is 0.0794. The van der Waals surface area contributed by atoms with Crippen molar-refractivity contribution in [2.24, 2.45) is 0 Å². The Balaban J connectivity index is 1.65. The molecule has 2 aromatic carbocycles. The van der Waals surface area contributed by atoms with Gasteiger partial charge in [0.25, 0.3) is 0 Å². The van der Waals surface area contributed by atoms with Crippen molar-refractivity contribution in [2.75, 3.05) is 5.32 Å². The highest BCUT2D eigenvalue weighted by atomic mass is 19.1. The number of hydrogen-bond donors (Lipinski definition) is 2. The Hall–Kier alpha value is -3.33. The number of rotatable bonds is 3. The number of hydrogen-bond acceptors (Lipinski definition) is 3. The molecule has 2 amide bonds. The van der Waals surface area contributed by atoms with Crippen LogP contribution in [0.4, 0.5) is 14.9 Å². The van der Waals surface area contributed by atoms with Crippen LogP contribution in [0.15, 0.2) is 52.9 Å². The third-order valence-electron chi connectivity index (χ3n) is 3.25. The quantitative estimate of drug-likeness (QED) is 0.773. The molecule has 0 fully saturated rings. The molecule has 5 nitrogen and oxygen atoms in total. The van der Waals surface area contributed by atoms with E-state index in [1.165, 1.54) is 12.1 Å². The van der Waals surface area contributed by atoms with E-state index in [1.807, 2.05) is 36.4 Å². The van der Waals surface area contributed by atoms with Gasteiger partial charge in [0.1, 0.15) is 23.2 Å². The van der Waals surface area contributed by atoms with Crippen LogP contribution in [0.25, 0.3) is 11.0 Å². The Kier molecular flexibility index (Phi) is 3.93. The van der Waals surface area contributed by atoms with Crippen molar-refractivity contribution in [1.29, 1.82) is 5.26 Å². The zero-order chi connectivity index (χ0) is 16.2. The molecule has 0 bridgehead atoms. The van der Waals surface area contributed by atoms with Gasteiger partial charge in [0.2, 0.25) is 0 Å². The Bertz CT molecular complexity index is 879. The molecule has 1 aromatic heterocycles. The third-order valence-corrected chi connectivity index (χ3v) is 3.25. The molecule has 3 aromatic rings. The molecular formula is C17H12FN3O2. The van der Waals surface area contributed by atoms with Gasteiger partial charge in [0, 0.05) is 5.39 Å². The largest absolute Gasteiger partial charge is 0.459 e. The first-order valence-corrected chi connectivity index (χ1v) is 6.87. The normalized spacial score (nSPS) is 10.3. The van der Waals surface area contributed by atoms with Crippen LogP contribution in [0.3, 0.4) is 0 Å². The summed E-state index contributed by atoms with van der Waals surface area (Å²) in [4.78, 5) is 11.9. The standard InChI is InChI=1S/C17H12FN3O2/c18-13-5-6-15(12(7-13)9-19)21-17(22)20-10-14-8-11-3-1-2-4-16(11)23-14/h1-8H,10H2,(H2,20,21,22). The summed E-state index contributed by atoms with van der Waals surface area (Å²) in [6.07, 6.45) is 0. The minimum Gasteiger partial charge on any atom is -0.459 e. The number of nitrogens with zero attached hydrogens (tertiary/aromatic N) is 1. The fraction of sp³-hybridized carbons (Fsp3) is 0.0588. The molecule has 23 heavy (non-hydrogen) atoms. The number of para-hydroxylation sites is 1. The lowest BCUT2D eigenvalue weighted by molar-refractivity contribution is 0.251. The summed E-state index contributed by atoms with van der Waals surface area (Å²) < 4.78 is 18.6. The van der Waals surface area contributed by atoms with E-state index in [2.05, 4.69) is 10.6 Å². The van der Waals surface area contributed by atoms with Crippen LogP contribution in [0.1, 0.15) is 11.3 Å². The highest BCUT2D eigenvalue weighted by Gasteiger charge is 2.09. The fourth-order valence-electron chi connectivity index (χ4n) is 2.18. The number of nitrogens with one attached hydrogen (secondary N) is 2. The smallest absolute Gasteiger partial charge is 0.319 e. The van der Waals surface area contributed by atoms with E-state index in [-0.39, 0.29) is 17.8 Å². The first kappa shape index (κ1) is 14.6. The number of benzene rings is 2. The monoisotopic (exact) mass is 309 g/mol. The van der Waals surface area contributed by atoms with Crippen LogP contribution in [0.2, 0.25) is 0 Å². The molecule has 0 atom stereocenters. The van der Waals surface area contributed by atoms with Gasteiger partial charge in [-0.3, -0.25) is 0 Å². The molecule has 6 heteroatoms. The molecule has 0 aliphatic rings. The van der Waals surface area contributed by atoms with Crippen molar-refractivity contribution in [3.8, 4) is 6.07 Å². The number of fused-ring (bicyclic) bond motifs is 1. The van der Waals surface area contributed by atoms with Gasteiger partial charge in [0.15, 0.2) is 0 Å². The maximum atomic E-state index is 13.1. The van der Waals surface area contributed by atoms with E-state index in [9.17, 15) is 9.18 Å². The van der Waals surface area contributed by atoms with E-state index in [1.54, 1.807) is 0 Å². The van der Waals surface area contributed by atoms with Crippen LogP contribution >= 0.6 is 0 Å². The summed E-state index contributed by atoms with van der Waals surface area (Å²) in [5.41, 5.74) is 1.05. The van der Waals surface area contributed by atoms with Gasteiger partial charge in [-0.05, 0) is 30.3 Å². The highest BCUT2D eigenvalue weighted by molar-refractivity contribution is 5.90. The van der Waals surface area contributed by atoms with Crippen molar-refractivity contribution >= 4 is 22.7 Å². The second-order valence-corrected chi connectivity index (χ2v) is 4.86. The summed E-state index contributed by atoms with van der Waals surface area (Å²) >= 11 is 0. The van der Waals surface area contributed by atoms with Crippen LogP contribution in [0, 0.1) is 17.1 Å². The molecule has 0 unspecified atom stereocenters. The SMILES string of the molecule is N#Cc1cc(F)ccc1NC(=O)NCc1cc2ccccc2o1. The molecule has 0 aliphatic heterocycles. The molecule has 0 aliphatic carbocycles. The van der Waals surface area contributed by atoms with Crippen LogP contribution < -0.4 is 10.6 Å². The minimum absolute atomic E-state index is 0.0592. The van der Waals surface area contributed by atoms with Crippen LogP contribution in [0.5, 0.6) is 0 Å². The number of furan rings is 1. The van der Waals surface area contributed by atoms with Gasteiger partial charge in [-0.1, -0.05) is 18.2 Å². The fourth-order valence-corrected chi connectivity index (χ4v) is 2.18. The van der Waals surface area contributed by atoms with Crippen LogP contribution in [-0.2, 0) is 6.54 Å². The van der Waals surface area contributed by atoms with Crippen molar-refractivity contribution in [3.63, 3.8) is 0 Å². The van der Waals surface area contributed by atoms with Crippen molar-refractivity contribution in [2.45, 2.75) is 6.54 Å². The molecule has 0 radical (unpaired) electrons. The van der Waals surface area contributed by atoms with E-state index in [0.717, 1.165) is 17.0 Å². The Morgan fingerprint density at radius 2 is 2.04 bits per heavy atom. The predicted molar refractivity (Wildman–Crippen MR) is 83.2 cm³/mol. The van der Waals surface area contributed by atoms with Crippen molar-refractivity contribution in [1.82, 2.24) is 5.32 Å². The van der Waals surface area contributed by atoms with E-state index in [0.29, 0.717) is 5.76 Å². The van der Waals surface area contributed by atoms with Gasteiger partial charge >= 0.3 is 6.03 Å². The number of urea groups is 1. The van der Waals surface area contributed by atoms with E-state index < -0.39 is 11.8 Å². The molecule has 0 saturated carbocycles. The minimum atomic E-state index is -0.533. The summed E-state index contributed by atoms with van der Waals surface area (Å²) in [6.45, 7) is 0.198. The predicted octanol–water partition coefficient (Wildman–Crippen LogP) is 3.77. The van der Waals surface area contributed by atoms with Gasteiger partial charge < -0.3 is 15.1 Å². The van der Waals surface area contributed by atoms with Gasteiger partial charge in [0.05, 0.1) is 17.8 Å². The summed E-state index contributed by atoms with van der Waals surface area (Å²) in [6, 6.07) is 14.3. The van der Waals surface area contributed by atoms with Crippen molar-refractivity contribution in [3.05, 3.63) is 65.7 Å². The topological polar surface area (TPSA) is 78.1 Å². The second-order valence-electron chi connectivity index (χ2n) is 4.86. The Morgan fingerprint density at radius 1 is 1.22 bits per heavy atom. The van der Waals surface area contributed by atoms with E-state index in [4.69, 9.17) is 9.68 Å². The number of anilines is 1. The number of carbonyl (C=O) groups excluding carboxylic acids is 1. The maximum Gasteiger partial charge on any atom is 0.319 e. The summed E-state index contributed by atoms with van der Waals surface area (Å²) in [7, 11) is 0. The maximum absolute atomic E-state index is 13.1. The van der Waals surface area contributed by atoms with Gasteiger partial charge in [-0.25, -0.2) is 9.18 Å². The first-order chi connectivity index (χ1) is 11.2. The molecule has 0 spiro atoms. The highest BCUT2D eigenvalue weighted by Crippen LogP contribution is 2.19. The molecule has 2 N–H and O–H groups in total. The Morgan fingerprint density at radius 3 is 2.83 bits per heavy atom. The number of carbonyl (C=O) groups is 1. The van der Waals surface area contributed by atoms with E-state index >= 15 is 0 Å². The lowest BCUT2D eigenvalue weighted by Crippen LogP contribution is -2.28. The Labute approximate surface area is 131 Å². The molecular weight excluding hydrogens is 297 g/mol. The lowest BCUT2D eigenvalue weighted by atomic mass is 10.2. The van der Waals surface area contributed by atoms with Gasteiger partial charge in [-0.2, -0.15) is 5.26 Å². The average Bonchev–Trinajstić information content (AvgIpc) is 2.97. The van der Waals surface area contributed by atoms with Gasteiger partial charge in [-0.15, -0.1) is 0 Å². The zero-order valence-corrected chi connectivity index (χ0v) is 12.0. The zero-order valence-electron chi connectivity index (χ0n) is 12.0. The summed E-state index contributed by atoms with van der Waals surface area (Å²) in [5, 5.41) is 15.0. The number of halogens is 1. The molecule has 114 valence electrons. The van der Waals surface area contributed by atoms with Crippen LogP contribution in [-0.4, -0.2) is 6.03 Å². The number of nitriles is 1. The van der Waals surface area contributed by atoms with Crippen molar-refractivity contribution < 1.29 is 13.6 Å². The molecule has 3 rings (SSSR count). The third kappa shape index (κ3) is 3.30. The number of amides is 2. The second kappa shape index (κ2) is 6.20. The lowest BCUT2D eigenvalue weighted by Gasteiger charge is -2.07. The average molecular weight is 309 g/mol. The first-order valence-electron chi connectivity index (χ1n) is 6.87.